The molecule has 0 aliphatic carbocycles. The van der Waals surface area contributed by atoms with Gasteiger partial charge in [0.2, 0.25) is 5.89 Å². The lowest BCUT2D eigenvalue weighted by atomic mass is 9.98. The number of nitrogens with zero attached hydrogens (tertiary/aromatic N) is 1. The summed E-state index contributed by atoms with van der Waals surface area (Å²) in [6, 6.07) is 21.1. The molecule has 0 aliphatic rings. The van der Waals surface area contributed by atoms with Crippen molar-refractivity contribution >= 4 is 40.0 Å². The molecule has 0 unspecified atom stereocenters. The highest BCUT2D eigenvalue weighted by Gasteiger charge is 2.12. The molecule has 1 aromatic heterocycles. The van der Waals surface area contributed by atoms with Gasteiger partial charge < -0.3 is 9.73 Å². The summed E-state index contributed by atoms with van der Waals surface area (Å²) >= 11 is 5.29. The van der Waals surface area contributed by atoms with E-state index in [0.29, 0.717) is 17.4 Å². The molecule has 4 rings (SSSR count). The number of hydrogen-bond donors (Lipinski definition) is 2. The number of rotatable bonds is 5. The average molecular weight is 444 g/mol. The lowest BCUT2D eigenvalue weighted by Crippen LogP contribution is -2.34. The Kier molecular flexibility index (Phi) is 6.32. The molecule has 0 bridgehead atoms. The number of thiocarbonyl (C=S) groups is 1. The summed E-state index contributed by atoms with van der Waals surface area (Å²) in [6.07, 6.45) is 1.08. The van der Waals surface area contributed by atoms with Crippen molar-refractivity contribution < 1.29 is 9.21 Å². The molecule has 4 aromatic rings. The lowest BCUT2D eigenvalue weighted by molar-refractivity contribution is 0.0977. The Hall–Kier alpha value is -3.51. The average Bonchev–Trinajstić information content (AvgIpc) is 3.22. The normalized spacial score (nSPS) is 11.8. The number of aromatic nitrogens is 1. The van der Waals surface area contributed by atoms with Crippen LogP contribution in [0.15, 0.2) is 71.1 Å². The molecule has 0 spiro atoms. The Labute approximate surface area is 192 Å². The van der Waals surface area contributed by atoms with Gasteiger partial charge in [-0.1, -0.05) is 38.1 Å². The van der Waals surface area contributed by atoms with Gasteiger partial charge in [0.15, 0.2) is 10.7 Å². The number of oxazole rings is 1. The number of amides is 1. The Morgan fingerprint density at radius 2 is 1.84 bits per heavy atom. The minimum absolute atomic E-state index is 0.236. The van der Waals surface area contributed by atoms with Gasteiger partial charge in [-0.3, -0.25) is 10.1 Å². The molecule has 32 heavy (non-hydrogen) atoms. The fraction of sp³-hybridized carbons (Fsp3) is 0.192. The van der Waals surface area contributed by atoms with Gasteiger partial charge in [-0.05, 0) is 85.1 Å². The van der Waals surface area contributed by atoms with Crippen molar-refractivity contribution in [3.63, 3.8) is 0 Å². The summed E-state index contributed by atoms with van der Waals surface area (Å²) in [5, 5.41) is 6.00. The molecule has 0 saturated carbocycles. The Bertz CT molecular complexity index is 1280. The monoisotopic (exact) mass is 443 g/mol. The molecular formula is C26H25N3O2S. The van der Waals surface area contributed by atoms with E-state index < -0.39 is 0 Å². The third kappa shape index (κ3) is 4.70. The Balaban J connectivity index is 1.44. The van der Waals surface area contributed by atoms with Crippen molar-refractivity contribution in [2.45, 2.75) is 33.1 Å². The highest BCUT2D eigenvalue weighted by atomic mass is 32.1. The maximum Gasteiger partial charge on any atom is 0.257 e. The number of aryl methyl sites for hydroxylation is 1. The van der Waals surface area contributed by atoms with Gasteiger partial charge in [0.25, 0.3) is 5.91 Å². The maximum absolute atomic E-state index is 12.4. The Morgan fingerprint density at radius 3 is 2.56 bits per heavy atom. The molecule has 0 aliphatic heterocycles. The second kappa shape index (κ2) is 9.32. The first-order valence-corrected chi connectivity index (χ1v) is 11.0. The van der Waals surface area contributed by atoms with E-state index in [1.165, 1.54) is 5.56 Å². The number of fused-ring (bicyclic) bond motifs is 1. The van der Waals surface area contributed by atoms with Gasteiger partial charge in [0.1, 0.15) is 5.52 Å². The van der Waals surface area contributed by atoms with Crippen molar-refractivity contribution in [2.75, 3.05) is 5.32 Å². The number of nitrogens with one attached hydrogen (secondary N) is 2. The molecule has 0 radical (unpaired) electrons. The molecule has 3 aromatic carbocycles. The van der Waals surface area contributed by atoms with Crippen molar-refractivity contribution in [1.29, 1.82) is 0 Å². The third-order valence-electron chi connectivity index (χ3n) is 5.60. The zero-order valence-corrected chi connectivity index (χ0v) is 19.1. The minimum Gasteiger partial charge on any atom is -0.436 e. The van der Waals surface area contributed by atoms with Crippen LogP contribution in [0.4, 0.5) is 5.69 Å². The zero-order chi connectivity index (χ0) is 22.7. The molecule has 1 heterocycles. The highest BCUT2D eigenvalue weighted by molar-refractivity contribution is 7.80. The van der Waals surface area contributed by atoms with E-state index in [4.69, 9.17) is 16.6 Å². The summed E-state index contributed by atoms with van der Waals surface area (Å²) in [6.45, 7) is 6.28. The van der Waals surface area contributed by atoms with Gasteiger partial charge in [0.05, 0.1) is 0 Å². The van der Waals surface area contributed by atoms with E-state index in [1.807, 2.05) is 55.5 Å². The number of carbonyl (C=O) groups is 1. The van der Waals surface area contributed by atoms with Crippen LogP contribution in [0.25, 0.3) is 22.6 Å². The lowest BCUT2D eigenvalue weighted by Gasteiger charge is -2.11. The molecule has 0 fully saturated rings. The molecule has 0 saturated heterocycles. The fourth-order valence-corrected chi connectivity index (χ4v) is 3.68. The molecule has 2 N–H and O–H groups in total. The SMILES string of the molecule is CC[C@@H](C)c1ccc2oc(-c3ccc(NC(=S)NC(=O)c4ccccc4C)cc3)nc2c1. The van der Waals surface area contributed by atoms with Crippen LogP contribution in [0.5, 0.6) is 0 Å². The number of anilines is 1. The summed E-state index contributed by atoms with van der Waals surface area (Å²) in [5.74, 6) is 0.823. The molecule has 5 nitrogen and oxygen atoms in total. The summed E-state index contributed by atoms with van der Waals surface area (Å²) in [5.41, 5.74) is 6.02. The molecule has 6 heteroatoms. The molecular weight excluding hydrogens is 418 g/mol. The predicted molar refractivity (Wildman–Crippen MR) is 133 cm³/mol. The standard InChI is InChI=1S/C26H25N3O2S/c1-4-16(2)19-11-14-23-22(15-19)28-25(31-23)18-9-12-20(13-10-18)27-26(32)29-24(30)21-8-6-5-7-17(21)3/h5-16H,4H2,1-3H3,(H2,27,29,30,32)/t16-/m1/s1. The van der Waals surface area contributed by atoms with Crippen molar-refractivity contribution in [1.82, 2.24) is 10.3 Å². The number of hydrogen-bond acceptors (Lipinski definition) is 4. The van der Waals surface area contributed by atoms with Crippen LogP contribution in [0.3, 0.4) is 0 Å². The van der Waals surface area contributed by atoms with Crippen molar-refractivity contribution in [3.8, 4) is 11.5 Å². The third-order valence-corrected chi connectivity index (χ3v) is 5.80. The van der Waals surface area contributed by atoms with Gasteiger partial charge in [0, 0.05) is 16.8 Å². The van der Waals surface area contributed by atoms with Crippen LogP contribution < -0.4 is 10.6 Å². The van der Waals surface area contributed by atoms with E-state index in [2.05, 4.69) is 41.6 Å². The minimum atomic E-state index is -0.236. The Morgan fingerprint density at radius 1 is 1.09 bits per heavy atom. The van der Waals surface area contributed by atoms with Gasteiger partial charge in [-0.15, -0.1) is 0 Å². The first kappa shape index (κ1) is 21.7. The molecule has 162 valence electrons. The summed E-state index contributed by atoms with van der Waals surface area (Å²) in [4.78, 5) is 17.1. The van der Waals surface area contributed by atoms with E-state index in [9.17, 15) is 4.79 Å². The van der Waals surface area contributed by atoms with Crippen LogP contribution in [0.2, 0.25) is 0 Å². The van der Waals surface area contributed by atoms with Crippen LogP contribution in [-0.2, 0) is 0 Å². The number of carbonyl (C=O) groups excluding carboxylic acids is 1. The topological polar surface area (TPSA) is 67.2 Å². The van der Waals surface area contributed by atoms with Crippen LogP contribution in [0, 0.1) is 6.92 Å². The largest absolute Gasteiger partial charge is 0.436 e. The van der Waals surface area contributed by atoms with Crippen LogP contribution in [0.1, 0.15) is 47.7 Å². The fourth-order valence-electron chi connectivity index (χ4n) is 3.47. The smallest absolute Gasteiger partial charge is 0.257 e. The van der Waals surface area contributed by atoms with E-state index in [-0.39, 0.29) is 11.0 Å². The van der Waals surface area contributed by atoms with E-state index in [1.54, 1.807) is 6.07 Å². The van der Waals surface area contributed by atoms with Gasteiger partial charge in [-0.2, -0.15) is 0 Å². The molecule has 1 amide bonds. The second-order valence-electron chi connectivity index (χ2n) is 7.86. The quantitative estimate of drug-likeness (QED) is 0.347. The highest BCUT2D eigenvalue weighted by Crippen LogP contribution is 2.28. The summed E-state index contributed by atoms with van der Waals surface area (Å²) in [7, 11) is 0. The summed E-state index contributed by atoms with van der Waals surface area (Å²) < 4.78 is 5.94. The van der Waals surface area contributed by atoms with Gasteiger partial charge in [-0.25, -0.2) is 4.98 Å². The van der Waals surface area contributed by atoms with E-state index >= 15 is 0 Å². The predicted octanol–water partition coefficient (Wildman–Crippen LogP) is 6.44. The van der Waals surface area contributed by atoms with Crippen LogP contribution in [-0.4, -0.2) is 16.0 Å². The second-order valence-corrected chi connectivity index (χ2v) is 8.26. The molecule has 1 atom stereocenters. The first-order valence-electron chi connectivity index (χ1n) is 10.6. The van der Waals surface area contributed by atoms with Crippen molar-refractivity contribution in [3.05, 3.63) is 83.4 Å². The zero-order valence-electron chi connectivity index (χ0n) is 18.3. The number of benzene rings is 3. The van der Waals surface area contributed by atoms with E-state index in [0.717, 1.165) is 34.3 Å². The van der Waals surface area contributed by atoms with Crippen LogP contribution >= 0.6 is 12.2 Å². The van der Waals surface area contributed by atoms with Crippen molar-refractivity contribution in [2.24, 2.45) is 0 Å². The maximum atomic E-state index is 12.4. The van der Waals surface area contributed by atoms with Gasteiger partial charge >= 0.3 is 0 Å². The first-order chi connectivity index (χ1) is 15.4.